The molecule has 0 aromatic heterocycles. The summed E-state index contributed by atoms with van der Waals surface area (Å²) >= 11 is 0. The third-order valence-corrected chi connectivity index (χ3v) is 3.39. The number of rotatable bonds is 3. The van der Waals surface area contributed by atoms with Gasteiger partial charge in [0.25, 0.3) is 0 Å². The third-order valence-electron chi connectivity index (χ3n) is 3.39. The van der Waals surface area contributed by atoms with E-state index in [4.69, 9.17) is 15.5 Å². The number of hydrogen-bond acceptors (Lipinski definition) is 4. The lowest BCUT2D eigenvalue weighted by atomic mass is 10.1. The normalized spacial score (nSPS) is 20.9. The molecule has 0 amide bonds. The van der Waals surface area contributed by atoms with E-state index in [1.807, 2.05) is 0 Å². The van der Waals surface area contributed by atoms with Crippen LogP contribution in [0.3, 0.4) is 0 Å². The molecule has 1 heterocycles. The Morgan fingerprint density at radius 1 is 1.32 bits per heavy atom. The van der Waals surface area contributed by atoms with Gasteiger partial charge in [-0.15, -0.1) is 0 Å². The predicted octanol–water partition coefficient (Wildman–Crippen LogP) is 3.98. The number of halogens is 6. The second-order valence-corrected chi connectivity index (χ2v) is 5.06. The molecule has 1 saturated heterocycles. The van der Waals surface area contributed by atoms with Crippen molar-refractivity contribution in [3.05, 3.63) is 39.8 Å². The minimum Gasteiger partial charge on any atom is -0.344 e. The van der Waals surface area contributed by atoms with Gasteiger partial charge in [0.1, 0.15) is 0 Å². The highest BCUT2D eigenvalue weighted by molar-refractivity contribution is 5.56. The quantitative estimate of drug-likeness (QED) is 0.351. The van der Waals surface area contributed by atoms with E-state index in [2.05, 4.69) is 10.0 Å². The lowest BCUT2D eigenvalue weighted by Crippen LogP contribution is -2.42. The third kappa shape index (κ3) is 4.07. The van der Waals surface area contributed by atoms with E-state index in [9.17, 15) is 26.3 Å². The van der Waals surface area contributed by atoms with Crippen molar-refractivity contribution < 1.29 is 31.1 Å². The van der Waals surface area contributed by atoms with Gasteiger partial charge in [0.2, 0.25) is 6.23 Å². The summed E-state index contributed by atoms with van der Waals surface area (Å²) in [7, 11) is 0. The van der Waals surface area contributed by atoms with E-state index in [0.29, 0.717) is 11.0 Å². The lowest BCUT2D eigenvalue weighted by Gasteiger charge is -2.27. The molecule has 0 unspecified atom stereocenters. The summed E-state index contributed by atoms with van der Waals surface area (Å²) in [5.74, 6) is 0. The van der Waals surface area contributed by atoms with Gasteiger partial charge in [-0.2, -0.15) is 31.6 Å². The van der Waals surface area contributed by atoms with Crippen LogP contribution in [0, 0.1) is 11.3 Å². The maximum Gasteiger partial charge on any atom is 0.433 e. The molecule has 1 aromatic carbocycles. The predicted molar refractivity (Wildman–Crippen MR) is 72.2 cm³/mol. The minimum absolute atomic E-state index is 0.401. The van der Waals surface area contributed by atoms with Gasteiger partial charge < -0.3 is 9.64 Å². The fourth-order valence-corrected chi connectivity index (χ4v) is 2.38. The van der Waals surface area contributed by atoms with Crippen molar-refractivity contribution in [1.29, 1.82) is 5.26 Å². The zero-order valence-electron chi connectivity index (χ0n) is 12.2. The largest absolute Gasteiger partial charge is 0.433 e. The van der Waals surface area contributed by atoms with Gasteiger partial charge >= 0.3 is 12.4 Å². The highest BCUT2D eigenvalue weighted by atomic mass is 19.4. The topological polar surface area (TPSA) is 85.0 Å². The number of azide groups is 1. The first-order chi connectivity index (χ1) is 11.6. The molecule has 0 N–H and O–H groups in total. The fraction of sp³-hybridized carbons (Fsp3) is 0.462. The first-order valence-corrected chi connectivity index (χ1v) is 6.69. The lowest BCUT2D eigenvalue weighted by molar-refractivity contribution is -0.213. The second-order valence-electron chi connectivity index (χ2n) is 5.06. The van der Waals surface area contributed by atoms with Gasteiger partial charge in [0.15, 0.2) is 0 Å². The van der Waals surface area contributed by atoms with Crippen LogP contribution in [0.5, 0.6) is 0 Å². The van der Waals surface area contributed by atoms with Gasteiger partial charge in [-0.1, -0.05) is 5.11 Å². The fourth-order valence-electron chi connectivity index (χ4n) is 2.38. The Kier molecular flexibility index (Phi) is 5.01. The van der Waals surface area contributed by atoms with Gasteiger partial charge in [-0.25, -0.2) is 0 Å². The number of ether oxygens (including phenoxy) is 1. The highest BCUT2D eigenvalue weighted by Crippen LogP contribution is 2.39. The Hall–Kier alpha value is -2.64. The molecule has 0 radical (unpaired) electrons. The molecule has 1 aliphatic rings. The van der Waals surface area contributed by atoms with Crippen LogP contribution in [0.15, 0.2) is 23.3 Å². The van der Waals surface area contributed by atoms with Crippen LogP contribution in [0.25, 0.3) is 10.4 Å². The SMILES string of the molecule is N#Cc1ccc(N2C[C@@H](CN=[N+]=[N-])O[C@@H]2C(F)(F)F)cc1C(F)(F)F. The first-order valence-electron chi connectivity index (χ1n) is 6.69. The van der Waals surface area contributed by atoms with Crippen LogP contribution < -0.4 is 4.90 Å². The maximum absolute atomic E-state index is 13.1. The zero-order valence-corrected chi connectivity index (χ0v) is 12.2. The first kappa shape index (κ1) is 18.7. The molecule has 0 aliphatic carbocycles. The summed E-state index contributed by atoms with van der Waals surface area (Å²) in [5, 5.41) is 11.9. The van der Waals surface area contributed by atoms with Crippen molar-refractivity contribution in [3.63, 3.8) is 0 Å². The maximum atomic E-state index is 13.1. The number of hydrogen-bond donors (Lipinski definition) is 0. The van der Waals surface area contributed by atoms with Crippen LogP contribution in [-0.4, -0.2) is 31.6 Å². The van der Waals surface area contributed by atoms with Crippen molar-refractivity contribution in [2.24, 2.45) is 5.11 Å². The average molecular weight is 365 g/mol. The van der Waals surface area contributed by atoms with Gasteiger partial charge in [-0.3, -0.25) is 0 Å². The summed E-state index contributed by atoms with van der Waals surface area (Å²) in [6.07, 6.45) is -13.4. The molecule has 1 aliphatic heterocycles. The van der Waals surface area contributed by atoms with Gasteiger partial charge in [0, 0.05) is 17.1 Å². The Labute approximate surface area is 136 Å². The van der Waals surface area contributed by atoms with E-state index in [1.54, 1.807) is 0 Å². The molecule has 0 saturated carbocycles. The molecule has 6 nitrogen and oxygen atoms in total. The van der Waals surface area contributed by atoms with Crippen molar-refractivity contribution in [3.8, 4) is 6.07 Å². The highest BCUT2D eigenvalue weighted by Gasteiger charge is 2.51. The summed E-state index contributed by atoms with van der Waals surface area (Å²) in [6.45, 7) is -0.825. The van der Waals surface area contributed by atoms with Crippen LogP contribution in [0.4, 0.5) is 32.0 Å². The van der Waals surface area contributed by atoms with Gasteiger partial charge in [0.05, 0.1) is 29.8 Å². The standard InChI is InChI=1S/C13H9F6N5O/c14-12(15,16)10-3-8(2-1-7(10)4-20)24-6-9(5-22-23-21)25-11(24)13(17,18)19/h1-3,9,11H,5-6H2/t9-,11-/m1/s1. The number of benzene rings is 1. The van der Waals surface area contributed by atoms with Crippen molar-refractivity contribution >= 4 is 5.69 Å². The molecule has 134 valence electrons. The molecule has 2 atom stereocenters. The van der Waals surface area contributed by atoms with Crippen molar-refractivity contribution in [2.75, 3.05) is 18.0 Å². The molecule has 25 heavy (non-hydrogen) atoms. The van der Waals surface area contributed by atoms with E-state index in [0.717, 1.165) is 12.1 Å². The molecule has 1 aromatic rings. The van der Waals surface area contributed by atoms with Crippen LogP contribution in [-0.2, 0) is 10.9 Å². The Morgan fingerprint density at radius 2 is 2.00 bits per heavy atom. The Bertz CT molecular complexity index is 734. The molecule has 2 rings (SSSR count). The Morgan fingerprint density at radius 3 is 2.52 bits per heavy atom. The molecule has 0 bridgehead atoms. The van der Waals surface area contributed by atoms with Crippen molar-refractivity contribution in [1.82, 2.24) is 0 Å². The number of nitriles is 1. The Balaban J connectivity index is 2.43. The van der Waals surface area contributed by atoms with E-state index >= 15 is 0 Å². The molecular weight excluding hydrogens is 356 g/mol. The summed E-state index contributed by atoms with van der Waals surface area (Å²) in [4.78, 5) is 3.00. The van der Waals surface area contributed by atoms with E-state index < -0.39 is 54.6 Å². The van der Waals surface area contributed by atoms with Crippen molar-refractivity contribution in [2.45, 2.75) is 24.7 Å². The summed E-state index contributed by atoms with van der Waals surface area (Å²) in [5.41, 5.74) is 5.78. The zero-order chi connectivity index (χ0) is 18.8. The van der Waals surface area contributed by atoms with Crippen LogP contribution in [0.1, 0.15) is 11.1 Å². The summed E-state index contributed by atoms with van der Waals surface area (Å²) < 4.78 is 83.1. The molecule has 1 fully saturated rings. The van der Waals surface area contributed by atoms with Gasteiger partial charge in [-0.05, 0) is 23.7 Å². The number of nitrogens with zero attached hydrogens (tertiary/aromatic N) is 5. The smallest absolute Gasteiger partial charge is 0.344 e. The summed E-state index contributed by atoms with van der Waals surface area (Å²) in [6, 6.07) is 3.60. The van der Waals surface area contributed by atoms with Crippen LogP contribution >= 0.6 is 0 Å². The molecule has 12 heteroatoms. The van der Waals surface area contributed by atoms with Crippen LogP contribution in [0.2, 0.25) is 0 Å². The number of alkyl halides is 6. The monoisotopic (exact) mass is 365 g/mol. The minimum atomic E-state index is -4.90. The molecular formula is C13H9F6N5O. The number of anilines is 1. The second kappa shape index (κ2) is 6.70. The molecule has 0 spiro atoms. The van der Waals surface area contributed by atoms with E-state index in [1.165, 1.54) is 6.07 Å². The average Bonchev–Trinajstić information content (AvgIpc) is 2.96. The van der Waals surface area contributed by atoms with E-state index in [-0.39, 0.29) is 0 Å².